The van der Waals surface area contributed by atoms with Gasteiger partial charge in [-0.3, -0.25) is 0 Å². The molecule has 4 nitrogen and oxygen atoms in total. The van der Waals surface area contributed by atoms with Gasteiger partial charge in [-0.2, -0.15) is 0 Å². The maximum atomic E-state index is 12.0. The SMILES string of the molecule is COc1ccc(COC(=O)NC(C)(C)c2ccc(Cl)cc2)cc1. The maximum absolute atomic E-state index is 12.0. The van der Waals surface area contributed by atoms with E-state index < -0.39 is 11.6 Å². The van der Waals surface area contributed by atoms with E-state index in [1.54, 1.807) is 19.2 Å². The Hall–Kier alpha value is -2.20. The fourth-order valence-corrected chi connectivity index (χ4v) is 2.23. The van der Waals surface area contributed by atoms with Crippen molar-refractivity contribution in [3.8, 4) is 5.75 Å². The van der Waals surface area contributed by atoms with Gasteiger partial charge in [0.15, 0.2) is 0 Å². The van der Waals surface area contributed by atoms with Crippen molar-refractivity contribution in [3.63, 3.8) is 0 Å². The second-order valence-electron chi connectivity index (χ2n) is 5.68. The molecule has 0 bridgehead atoms. The zero-order chi connectivity index (χ0) is 16.9. The molecule has 0 saturated heterocycles. The molecule has 0 atom stereocenters. The third kappa shape index (κ3) is 4.89. The standard InChI is InChI=1S/C18H20ClNO3/c1-18(2,14-6-8-15(19)9-7-14)20-17(21)23-12-13-4-10-16(22-3)11-5-13/h4-11H,12H2,1-3H3,(H,20,21). The summed E-state index contributed by atoms with van der Waals surface area (Å²) in [5, 5.41) is 3.51. The van der Waals surface area contributed by atoms with Gasteiger partial charge >= 0.3 is 6.09 Å². The minimum absolute atomic E-state index is 0.201. The Kier molecular flexibility index (Phi) is 5.50. The van der Waals surface area contributed by atoms with Crippen LogP contribution in [0.3, 0.4) is 0 Å². The molecule has 0 aliphatic carbocycles. The first-order valence-corrected chi connectivity index (χ1v) is 7.62. The second kappa shape index (κ2) is 7.38. The molecule has 1 amide bonds. The van der Waals surface area contributed by atoms with Crippen molar-refractivity contribution in [2.75, 3.05) is 7.11 Å². The number of alkyl carbamates (subject to hydrolysis) is 1. The van der Waals surface area contributed by atoms with Crippen LogP contribution in [0.25, 0.3) is 0 Å². The fraction of sp³-hybridized carbons (Fsp3) is 0.278. The molecule has 0 aliphatic heterocycles. The van der Waals surface area contributed by atoms with Crippen LogP contribution in [0, 0.1) is 0 Å². The number of ether oxygens (including phenoxy) is 2. The van der Waals surface area contributed by atoms with Crippen LogP contribution in [0.5, 0.6) is 5.75 Å². The Morgan fingerprint density at radius 3 is 2.26 bits per heavy atom. The number of hydrogen-bond donors (Lipinski definition) is 1. The molecule has 0 aromatic heterocycles. The topological polar surface area (TPSA) is 47.6 Å². The van der Waals surface area contributed by atoms with Crippen molar-refractivity contribution in [2.24, 2.45) is 0 Å². The average Bonchev–Trinajstić information content (AvgIpc) is 2.53. The first kappa shape index (κ1) is 17.2. The predicted molar refractivity (Wildman–Crippen MR) is 90.8 cm³/mol. The van der Waals surface area contributed by atoms with Crippen LogP contribution in [0.2, 0.25) is 5.02 Å². The number of carbonyl (C=O) groups excluding carboxylic acids is 1. The molecule has 2 aromatic carbocycles. The molecule has 0 spiro atoms. The van der Waals surface area contributed by atoms with E-state index in [1.807, 2.05) is 50.2 Å². The monoisotopic (exact) mass is 333 g/mol. The lowest BCUT2D eigenvalue weighted by Gasteiger charge is -2.26. The lowest BCUT2D eigenvalue weighted by Crippen LogP contribution is -2.41. The molecule has 2 rings (SSSR count). The number of carbonyl (C=O) groups is 1. The third-order valence-electron chi connectivity index (χ3n) is 3.51. The first-order valence-electron chi connectivity index (χ1n) is 7.24. The van der Waals surface area contributed by atoms with Crippen LogP contribution < -0.4 is 10.1 Å². The van der Waals surface area contributed by atoms with E-state index in [0.717, 1.165) is 16.9 Å². The molecule has 0 saturated carbocycles. The number of nitrogens with one attached hydrogen (secondary N) is 1. The van der Waals surface area contributed by atoms with Crippen molar-refractivity contribution in [3.05, 3.63) is 64.7 Å². The Labute approximate surface area is 141 Å². The van der Waals surface area contributed by atoms with Crippen LogP contribution in [0.4, 0.5) is 4.79 Å². The van der Waals surface area contributed by atoms with Gasteiger partial charge in [-0.15, -0.1) is 0 Å². The lowest BCUT2D eigenvalue weighted by atomic mass is 9.95. The molecule has 0 unspecified atom stereocenters. The maximum Gasteiger partial charge on any atom is 0.408 e. The highest BCUT2D eigenvalue weighted by Crippen LogP contribution is 2.22. The van der Waals surface area contributed by atoms with Gasteiger partial charge in [0.25, 0.3) is 0 Å². The van der Waals surface area contributed by atoms with Crippen LogP contribution in [0.15, 0.2) is 48.5 Å². The molecule has 2 aromatic rings. The smallest absolute Gasteiger partial charge is 0.408 e. The highest BCUT2D eigenvalue weighted by molar-refractivity contribution is 6.30. The summed E-state index contributed by atoms with van der Waals surface area (Å²) in [6.07, 6.45) is -0.472. The van der Waals surface area contributed by atoms with Gasteiger partial charge < -0.3 is 14.8 Å². The van der Waals surface area contributed by atoms with Crippen LogP contribution in [-0.4, -0.2) is 13.2 Å². The van der Waals surface area contributed by atoms with Gasteiger partial charge in [-0.25, -0.2) is 4.79 Å². The molecule has 0 fully saturated rings. The summed E-state index contributed by atoms with van der Waals surface area (Å²) < 4.78 is 10.4. The number of amides is 1. The number of halogens is 1. The number of rotatable bonds is 5. The van der Waals surface area contributed by atoms with Crippen LogP contribution in [-0.2, 0) is 16.9 Å². The van der Waals surface area contributed by atoms with Crippen molar-refractivity contribution < 1.29 is 14.3 Å². The zero-order valence-electron chi connectivity index (χ0n) is 13.4. The molecule has 0 heterocycles. The van der Waals surface area contributed by atoms with E-state index in [0.29, 0.717) is 5.02 Å². The predicted octanol–water partition coefficient (Wildman–Crippen LogP) is 4.51. The average molecular weight is 334 g/mol. The molecule has 5 heteroatoms. The largest absolute Gasteiger partial charge is 0.497 e. The van der Waals surface area contributed by atoms with E-state index in [2.05, 4.69) is 5.32 Å². The summed E-state index contributed by atoms with van der Waals surface area (Å²) in [5.74, 6) is 0.766. The van der Waals surface area contributed by atoms with E-state index in [9.17, 15) is 4.79 Å². The van der Waals surface area contributed by atoms with Crippen molar-refractivity contribution >= 4 is 17.7 Å². The number of benzene rings is 2. The van der Waals surface area contributed by atoms with Crippen molar-refractivity contribution in [2.45, 2.75) is 26.0 Å². The van der Waals surface area contributed by atoms with Crippen LogP contribution >= 0.6 is 11.6 Å². The van der Waals surface area contributed by atoms with Gasteiger partial charge in [-0.05, 0) is 49.2 Å². The fourth-order valence-electron chi connectivity index (χ4n) is 2.10. The second-order valence-corrected chi connectivity index (χ2v) is 6.12. The summed E-state index contributed by atoms with van der Waals surface area (Å²) in [5.41, 5.74) is 1.29. The zero-order valence-corrected chi connectivity index (χ0v) is 14.2. The normalized spacial score (nSPS) is 11.0. The number of methoxy groups -OCH3 is 1. The Bertz CT molecular complexity index is 651. The third-order valence-corrected chi connectivity index (χ3v) is 3.76. The van der Waals surface area contributed by atoms with E-state index in [1.165, 1.54) is 0 Å². The van der Waals surface area contributed by atoms with Crippen LogP contribution in [0.1, 0.15) is 25.0 Å². The highest BCUT2D eigenvalue weighted by Gasteiger charge is 2.23. The van der Waals surface area contributed by atoms with Gasteiger partial charge in [0, 0.05) is 5.02 Å². The highest BCUT2D eigenvalue weighted by atomic mass is 35.5. The van der Waals surface area contributed by atoms with Crippen molar-refractivity contribution in [1.29, 1.82) is 0 Å². The minimum Gasteiger partial charge on any atom is -0.497 e. The minimum atomic E-state index is -0.554. The molecule has 0 radical (unpaired) electrons. The Morgan fingerprint density at radius 1 is 1.09 bits per heavy atom. The lowest BCUT2D eigenvalue weighted by molar-refractivity contribution is 0.129. The summed E-state index contributed by atoms with van der Waals surface area (Å²) in [7, 11) is 1.61. The van der Waals surface area contributed by atoms with Gasteiger partial charge in [0.05, 0.1) is 12.6 Å². The summed E-state index contributed by atoms with van der Waals surface area (Å²) in [4.78, 5) is 12.0. The van der Waals surface area contributed by atoms with Gasteiger partial charge in [0.1, 0.15) is 12.4 Å². The first-order chi connectivity index (χ1) is 10.9. The van der Waals surface area contributed by atoms with E-state index >= 15 is 0 Å². The molecule has 122 valence electrons. The van der Waals surface area contributed by atoms with Gasteiger partial charge in [-0.1, -0.05) is 35.9 Å². The van der Waals surface area contributed by atoms with E-state index in [-0.39, 0.29) is 6.61 Å². The Morgan fingerprint density at radius 2 is 1.70 bits per heavy atom. The van der Waals surface area contributed by atoms with Gasteiger partial charge in [0.2, 0.25) is 0 Å². The molecular formula is C18H20ClNO3. The summed E-state index contributed by atoms with van der Waals surface area (Å²) in [6, 6.07) is 14.7. The van der Waals surface area contributed by atoms with Crippen molar-refractivity contribution in [1.82, 2.24) is 5.32 Å². The Balaban J connectivity index is 1.91. The molecular weight excluding hydrogens is 314 g/mol. The summed E-state index contributed by atoms with van der Waals surface area (Å²) >= 11 is 5.89. The number of hydrogen-bond acceptors (Lipinski definition) is 3. The molecule has 23 heavy (non-hydrogen) atoms. The van der Waals surface area contributed by atoms with E-state index in [4.69, 9.17) is 21.1 Å². The molecule has 0 aliphatic rings. The molecule has 1 N–H and O–H groups in total. The quantitative estimate of drug-likeness (QED) is 0.875. The summed E-state index contributed by atoms with van der Waals surface area (Å²) in [6.45, 7) is 4.02.